The lowest BCUT2D eigenvalue weighted by atomic mass is 10.1. The number of ether oxygens (including phenoxy) is 1. The lowest BCUT2D eigenvalue weighted by Gasteiger charge is -2.05. The summed E-state index contributed by atoms with van der Waals surface area (Å²) >= 11 is 3.35. The predicted molar refractivity (Wildman–Crippen MR) is 69.1 cm³/mol. The second-order valence-corrected chi connectivity index (χ2v) is 4.57. The summed E-state index contributed by atoms with van der Waals surface area (Å²) in [6, 6.07) is 5.53. The fourth-order valence-electron chi connectivity index (χ4n) is 1.43. The maximum atomic E-state index is 11.8. The Hall–Kier alpha value is -1.16. The minimum Gasteiger partial charge on any atom is -0.466 e. The molecule has 0 fully saturated rings. The van der Waals surface area contributed by atoms with E-state index in [-0.39, 0.29) is 24.6 Å². The Morgan fingerprint density at radius 2 is 2.00 bits per heavy atom. The molecule has 0 aromatic heterocycles. The van der Waals surface area contributed by atoms with E-state index < -0.39 is 0 Å². The van der Waals surface area contributed by atoms with Gasteiger partial charge in [-0.15, -0.1) is 0 Å². The van der Waals surface area contributed by atoms with Crippen molar-refractivity contribution in [2.75, 3.05) is 6.61 Å². The molecule has 4 heteroatoms. The van der Waals surface area contributed by atoms with Crippen molar-refractivity contribution in [3.8, 4) is 0 Å². The standard InChI is InChI=1S/C13H15BrO3/c1-3-17-13(16)7-6-12(15)10-5-4-9(2)8-11(10)14/h4-5,8H,3,6-7H2,1-2H3. The molecule has 1 aromatic carbocycles. The number of aryl methyl sites for hydroxylation is 1. The molecule has 0 radical (unpaired) electrons. The Balaban J connectivity index is 2.61. The first-order valence-corrected chi connectivity index (χ1v) is 6.29. The molecule has 17 heavy (non-hydrogen) atoms. The first-order valence-electron chi connectivity index (χ1n) is 5.49. The third-order valence-corrected chi connectivity index (χ3v) is 2.94. The van der Waals surface area contributed by atoms with Gasteiger partial charge in [-0.2, -0.15) is 0 Å². The van der Waals surface area contributed by atoms with E-state index in [0.29, 0.717) is 12.2 Å². The second-order valence-electron chi connectivity index (χ2n) is 3.71. The van der Waals surface area contributed by atoms with Gasteiger partial charge in [0.1, 0.15) is 0 Å². The zero-order valence-corrected chi connectivity index (χ0v) is 11.5. The molecule has 0 amide bonds. The summed E-state index contributed by atoms with van der Waals surface area (Å²) in [5, 5.41) is 0. The van der Waals surface area contributed by atoms with Gasteiger partial charge in [0.05, 0.1) is 13.0 Å². The Morgan fingerprint density at radius 1 is 1.29 bits per heavy atom. The van der Waals surface area contributed by atoms with E-state index in [9.17, 15) is 9.59 Å². The van der Waals surface area contributed by atoms with E-state index in [2.05, 4.69) is 15.9 Å². The normalized spacial score (nSPS) is 10.1. The van der Waals surface area contributed by atoms with Gasteiger partial charge in [-0.05, 0) is 25.5 Å². The van der Waals surface area contributed by atoms with Crippen molar-refractivity contribution >= 4 is 27.7 Å². The molecule has 0 spiro atoms. The number of esters is 1. The number of benzene rings is 1. The Morgan fingerprint density at radius 3 is 2.59 bits per heavy atom. The van der Waals surface area contributed by atoms with Crippen LogP contribution in [0.4, 0.5) is 0 Å². The fourth-order valence-corrected chi connectivity index (χ4v) is 2.14. The first-order chi connectivity index (χ1) is 8.04. The SMILES string of the molecule is CCOC(=O)CCC(=O)c1ccc(C)cc1Br. The summed E-state index contributed by atoms with van der Waals surface area (Å²) in [4.78, 5) is 23.0. The maximum absolute atomic E-state index is 11.8. The largest absolute Gasteiger partial charge is 0.466 e. The fraction of sp³-hybridized carbons (Fsp3) is 0.385. The predicted octanol–water partition coefficient (Wildman–Crippen LogP) is 3.28. The molecule has 0 saturated heterocycles. The molecule has 0 N–H and O–H groups in total. The van der Waals surface area contributed by atoms with Gasteiger partial charge in [-0.3, -0.25) is 9.59 Å². The van der Waals surface area contributed by atoms with Crippen LogP contribution < -0.4 is 0 Å². The average Bonchev–Trinajstić information content (AvgIpc) is 2.26. The van der Waals surface area contributed by atoms with Crippen LogP contribution in [0.1, 0.15) is 35.7 Å². The van der Waals surface area contributed by atoms with Gasteiger partial charge in [0, 0.05) is 16.5 Å². The van der Waals surface area contributed by atoms with E-state index >= 15 is 0 Å². The number of rotatable bonds is 5. The highest BCUT2D eigenvalue weighted by molar-refractivity contribution is 9.10. The quantitative estimate of drug-likeness (QED) is 0.619. The topological polar surface area (TPSA) is 43.4 Å². The van der Waals surface area contributed by atoms with Gasteiger partial charge in [-0.25, -0.2) is 0 Å². The highest BCUT2D eigenvalue weighted by Gasteiger charge is 2.12. The molecule has 1 aromatic rings. The van der Waals surface area contributed by atoms with Crippen LogP contribution in [0.3, 0.4) is 0 Å². The van der Waals surface area contributed by atoms with E-state index in [4.69, 9.17) is 4.74 Å². The van der Waals surface area contributed by atoms with E-state index in [1.807, 2.05) is 19.1 Å². The summed E-state index contributed by atoms with van der Waals surface area (Å²) in [5.41, 5.74) is 1.69. The van der Waals surface area contributed by atoms with Crippen molar-refractivity contribution in [1.29, 1.82) is 0 Å². The van der Waals surface area contributed by atoms with E-state index in [0.717, 1.165) is 10.0 Å². The molecule has 0 aliphatic heterocycles. The molecule has 0 heterocycles. The van der Waals surface area contributed by atoms with Crippen LogP contribution in [0.15, 0.2) is 22.7 Å². The minimum atomic E-state index is -0.330. The average molecular weight is 299 g/mol. The van der Waals surface area contributed by atoms with Crippen LogP contribution in [0.2, 0.25) is 0 Å². The third kappa shape index (κ3) is 4.30. The summed E-state index contributed by atoms with van der Waals surface area (Å²) in [7, 11) is 0. The zero-order valence-electron chi connectivity index (χ0n) is 9.96. The van der Waals surface area contributed by atoms with E-state index in [1.54, 1.807) is 13.0 Å². The monoisotopic (exact) mass is 298 g/mol. The van der Waals surface area contributed by atoms with Crippen LogP contribution >= 0.6 is 15.9 Å². The number of hydrogen-bond acceptors (Lipinski definition) is 3. The molecular formula is C13H15BrO3. The maximum Gasteiger partial charge on any atom is 0.306 e. The number of hydrogen-bond donors (Lipinski definition) is 0. The molecule has 0 bridgehead atoms. The first kappa shape index (κ1) is 13.9. The van der Waals surface area contributed by atoms with Crippen molar-refractivity contribution in [3.05, 3.63) is 33.8 Å². The molecule has 0 unspecified atom stereocenters. The molecule has 92 valence electrons. The highest BCUT2D eigenvalue weighted by atomic mass is 79.9. The van der Waals surface area contributed by atoms with Gasteiger partial charge in [0.25, 0.3) is 0 Å². The van der Waals surface area contributed by atoms with Crippen molar-refractivity contribution in [1.82, 2.24) is 0 Å². The van der Waals surface area contributed by atoms with Crippen molar-refractivity contribution in [2.24, 2.45) is 0 Å². The summed E-state index contributed by atoms with van der Waals surface area (Å²) in [5.74, 6) is -0.381. The second kappa shape index (κ2) is 6.55. The van der Waals surface area contributed by atoms with Gasteiger partial charge < -0.3 is 4.74 Å². The van der Waals surface area contributed by atoms with Crippen LogP contribution in [0.25, 0.3) is 0 Å². The number of halogens is 1. The van der Waals surface area contributed by atoms with Crippen LogP contribution in [-0.2, 0) is 9.53 Å². The number of carbonyl (C=O) groups is 2. The summed E-state index contributed by atoms with van der Waals surface area (Å²) in [6.45, 7) is 4.05. The van der Waals surface area contributed by atoms with Gasteiger partial charge in [-0.1, -0.05) is 28.1 Å². The summed E-state index contributed by atoms with van der Waals surface area (Å²) < 4.78 is 5.54. The lowest BCUT2D eigenvalue weighted by molar-refractivity contribution is -0.143. The Labute approximate surface area is 109 Å². The molecular weight excluding hydrogens is 284 g/mol. The van der Waals surface area contributed by atoms with Gasteiger partial charge in [0.2, 0.25) is 0 Å². The van der Waals surface area contributed by atoms with Crippen molar-refractivity contribution < 1.29 is 14.3 Å². The van der Waals surface area contributed by atoms with Gasteiger partial charge >= 0.3 is 5.97 Å². The minimum absolute atomic E-state index is 0.0510. The van der Waals surface area contributed by atoms with Crippen molar-refractivity contribution in [3.63, 3.8) is 0 Å². The number of ketones is 1. The smallest absolute Gasteiger partial charge is 0.306 e. The van der Waals surface area contributed by atoms with Crippen molar-refractivity contribution in [2.45, 2.75) is 26.7 Å². The number of carbonyl (C=O) groups excluding carboxylic acids is 2. The molecule has 1 rings (SSSR count). The lowest BCUT2D eigenvalue weighted by Crippen LogP contribution is -2.08. The molecule has 3 nitrogen and oxygen atoms in total. The van der Waals surface area contributed by atoms with E-state index in [1.165, 1.54) is 0 Å². The summed E-state index contributed by atoms with van der Waals surface area (Å²) in [6.07, 6.45) is 0.313. The third-order valence-electron chi connectivity index (χ3n) is 2.29. The molecule has 0 saturated carbocycles. The zero-order chi connectivity index (χ0) is 12.8. The highest BCUT2D eigenvalue weighted by Crippen LogP contribution is 2.20. The Kier molecular flexibility index (Phi) is 5.35. The van der Waals surface area contributed by atoms with Crippen LogP contribution in [-0.4, -0.2) is 18.4 Å². The van der Waals surface area contributed by atoms with Crippen LogP contribution in [0, 0.1) is 6.92 Å². The Bertz CT molecular complexity index is 427. The molecule has 0 aliphatic carbocycles. The van der Waals surface area contributed by atoms with Gasteiger partial charge in [0.15, 0.2) is 5.78 Å². The molecule has 0 atom stereocenters. The number of Topliss-reactive ketones (excluding diaryl/α,β-unsaturated/α-hetero) is 1. The van der Waals surface area contributed by atoms with Crippen LogP contribution in [0.5, 0.6) is 0 Å². The molecule has 0 aliphatic rings.